The van der Waals surface area contributed by atoms with E-state index in [9.17, 15) is 14.7 Å². The molecule has 4 fully saturated rings. The van der Waals surface area contributed by atoms with Gasteiger partial charge in [-0.15, -0.1) is 0 Å². The van der Waals surface area contributed by atoms with Crippen LogP contribution in [0.15, 0.2) is 0 Å². The second-order valence-electron chi connectivity index (χ2n) is 10.5. The van der Waals surface area contributed by atoms with Crippen molar-refractivity contribution in [3.63, 3.8) is 0 Å². The van der Waals surface area contributed by atoms with Crippen LogP contribution in [0.25, 0.3) is 0 Å². The molecule has 0 amide bonds. The van der Waals surface area contributed by atoms with Crippen molar-refractivity contribution >= 4 is 11.8 Å². The summed E-state index contributed by atoms with van der Waals surface area (Å²) in [6, 6.07) is 0. The summed E-state index contributed by atoms with van der Waals surface area (Å²) in [4.78, 5) is 24.0. The molecule has 0 bridgehead atoms. The summed E-state index contributed by atoms with van der Waals surface area (Å²) in [5, 5.41) is 11.5. The molecule has 4 rings (SSSR count). The molecule has 7 atom stereocenters. The van der Waals surface area contributed by atoms with Crippen LogP contribution < -0.4 is 0 Å². The summed E-state index contributed by atoms with van der Waals surface area (Å²) in [6.45, 7) is 5.71. The highest BCUT2D eigenvalue weighted by atomic mass is 16.5. The van der Waals surface area contributed by atoms with Crippen LogP contribution in [0.5, 0.6) is 0 Å². The van der Waals surface area contributed by atoms with E-state index in [1.807, 2.05) is 0 Å². The first kappa shape index (κ1) is 19.4. The van der Waals surface area contributed by atoms with Crippen LogP contribution in [-0.2, 0) is 14.3 Å². The third-order valence-corrected chi connectivity index (χ3v) is 9.60. The molecule has 152 valence electrons. The van der Waals surface area contributed by atoms with E-state index < -0.39 is 11.6 Å². The van der Waals surface area contributed by atoms with E-state index in [1.165, 1.54) is 45.4 Å². The maximum atomic E-state index is 12.9. The van der Waals surface area contributed by atoms with Gasteiger partial charge in [0.1, 0.15) is 5.60 Å². The van der Waals surface area contributed by atoms with E-state index in [0.717, 1.165) is 31.1 Å². The number of hydrogen-bond donors (Lipinski definition) is 1. The molecule has 0 spiro atoms. The Balaban J connectivity index is 1.58. The number of carbonyl (C=O) groups excluding carboxylic acids is 2. The van der Waals surface area contributed by atoms with Gasteiger partial charge < -0.3 is 9.84 Å². The lowest BCUT2D eigenvalue weighted by atomic mass is 9.44. The summed E-state index contributed by atoms with van der Waals surface area (Å²) < 4.78 is 4.95. The summed E-state index contributed by atoms with van der Waals surface area (Å²) in [6.07, 6.45) is 11.6. The average molecular weight is 377 g/mol. The number of ketones is 1. The normalized spacial score (nSPS) is 48.9. The Morgan fingerprint density at radius 1 is 0.963 bits per heavy atom. The van der Waals surface area contributed by atoms with Gasteiger partial charge in [0.2, 0.25) is 5.78 Å². The van der Waals surface area contributed by atoms with Crippen molar-refractivity contribution in [1.29, 1.82) is 0 Å². The van der Waals surface area contributed by atoms with Crippen LogP contribution in [0, 0.1) is 34.5 Å². The zero-order valence-corrected chi connectivity index (χ0v) is 17.3. The fourth-order valence-corrected chi connectivity index (χ4v) is 8.06. The third-order valence-electron chi connectivity index (χ3n) is 9.60. The van der Waals surface area contributed by atoms with E-state index in [-0.39, 0.29) is 17.8 Å². The molecular weight excluding hydrogens is 340 g/mol. The molecule has 0 aromatic rings. The Labute approximate surface area is 163 Å². The molecule has 4 aliphatic carbocycles. The van der Waals surface area contributed by atoms with Crippen LogP contribution in [0.3, 0.4) is 0 Å². The van der Waals surface area contributed by atoms with Crippen molar-refractivity contribution < 1.29 is 19.4 Å². The summed E-state index contributed by atoms with van der Waals surface area (Å²) in [5.74, 6) is 1.93. The maximum Gasteiger partial charge on any atom is 0.303 e. The molecular formula is C23H36O4. The van der Waals surface area contributed by atoms with Crippen LogP contribution in [0.4, 0.5) is 0 Å². The lowest BCUT2D eigenvalue weighted by molar-refractivity contribution is -0.174. The zero-order chi connectivity index (χ0) is 19.4. The number of rotatable bonds is 3. The lowest BCUT2D eigenvalue weighted by Crippen LogP contribution is -2.59. The Morgan fingerprint density at radius 2 is 1.70 bits per heavy atom. The number of fused-ring (bicyclic) bond motifs is 5. The van der Waals surface area contributed by atoms with Gasteiger partial charge in [-0.05, 0) is 80.5 Å². The Kier molecular flexibility index (Phi) is 4.73. The number of hydrogen-bond acceptors (Lipinski definition) is 4. The molecule has 1 N–H and O–H groups in total. The van der Waals surface area contributed by atoms with E-state index in [0.29, 0.717) is 23.7 Å². The molecule has 0 saturated heterocycles. The molecule has 0 heterocycles. The highest BCUT2D eigenvalue weighted by molar-refractivity contribution is 5.90. The molecule has 4 saturated carbocycles. The average Bonchev–Trinajstić information content (AvgIpc) is 2.91. The minimum Gasteiger partial charge on any atom is -0.458 e. The Morgan fingerprint density at radius 3 is 2.44 bits per heavy atom. The number of esters is 1. The summed E-state index contributed by atoms with van der Waals surface area (Å²) >= 11 is 0. The Hall–Kier alpha value is -0.900. The zero-order valence-electron chi connectivity index (χ0n) is 17.3. The molecule has 4 aliphatic rings. The van der Waals surface area contributed by atoms with Crippen molar-refractivity contribution in [3.8, 4) is 0 Å². The van der Waals surface area contributed by atoms with Gasteiger partial charge in [0.15, 0.2) is 6.61 Å². The Bertz CT molecular complexity index is 630. The number of carbonyl (C=O) groups is 2. The molecule has 0 aromatic heterocycles. The van der Waals surface area contributed by atoms with Gasteiger partial charge in [-0.3, -0.25) is 9.59 Å². The minimum absolute atomic E-state index is 0.290. The van der Waals surface area contributed by atoms with Crippen molar-refractivity contribution in [2.24, 2.45) is 34.5 Å². The first-order valence-corrected chi connectivity index (χ1v) is 11.1. The molecule has 27 heavy (non-hydrogen) atoms. The summed E-state index contributed by atoms with van der Waals surface area (Å²) in [5.41, 5.74) is -1.24. The van der Waals surface area contributed by atoms with Crippen LogP contribution in [0.2, 0.25) is 0 Å². The highest BCUT2D eigenvalue weighted by Crippen LogP contribution is 2.68. The third kappa shape index (κ3) is 2.73. The second kappa shape index (κ2) is 6.57. The van der Waals surface area contributed by atoms with Crippen molar-refractivity contribution in [2.45, 2.75) is 90.6 Å². The van der Waals surface area contributed by atoms with Crippen LogP contribution >= 0.6 is 0 Å². The molecule has 0 radical (unpaired) electrons. The first-order valence-electron chi connectivity index (χ1n) is 11.1. The van der Waals surface area contributed by atoms with Gasteiger partial charge in [-0.2, -0.15) is 0 Å². The smallest absolute Gasteiger partial charge is 0.303 e. The predicted molar refractivity (Wildman–Crippen MR) is 103 cm³/mol. The van der Waals surface area contributed by atoms with E-state index >= 15 is 0 Å². The summed E-state index contributed by atoms with van der Waals surface area (Å²) in [7, 11) is 0. The fourth-order valence-electron chi connectivity index (χ4n) is 8.06. The number of Topliss-reactive ketones (excluding diaryl/α,β-unsaturated/α-hetero) is 1. The van der Waals surface area contributed by atoms with Crippen molar-refractivity contribution in [1.82, 2.24) is 0 Å². The number of ether oxygens (including phenoxy) is 1. The van der Waals surface area contributed by atoms with Gasteiger partial charge in [0.25, 0.3) is 0 Å². The molecule has 0 aliphatic heterocycles. The second-order valence-corrected chi connectivity index (χ2v) is 10.5. The van der Waals surface area contributed by atoms with Crippen molar-refractivity contribution in [3.05, 3.63) is 0 Å². The lowest BCUT2D eigenvalue weighted by Gasteiger charge is -2.61. The van der Waals surface area contributed by atoms with E-state index in [2.05, 4.69) is 13.8 Å². The molecule has 0 unspecified atom stereocenters. The van der Waals surface area contributed by atoms with Gasteiger partial charge >= 0.3 is 5.97 Å². The van der Waals surface area contributed by atoms with Gasteiger partial charge in [0.05, 0.1) is 0 Å². The topological polar surface area (TPSA) is 63.6 Å². The largest absolute Gasteiger partial charge is 0.458 e. The SMILES string of the molecule is CC(=O)OCC(=O)[C@@]1(O)CC[C@@H]2[C@@H]3CC[C@H]4CCCC[C@]4(C)[C@@H]3CC[C@@]21C. The van der Waals surface area contributed by atoms with E-state index in [1.54, 1.807) is 0 Å². The van der Waals surface area contributed by atoms with Crippen molar-refractivity contribution in [2.75, 3.05) is 6.61 Å². The van der Waals surface area contributed by atoms with Crippen LogP contribution in [0.1, 0.15) is 85.0 Å². The van der Waals surface area contributed by atoms with E-state index in [4.69, 9.17) is 4.74 Å². The van der Waals surface area contributed by atoms with Gasteiger partial charge in [0, 0.05) is 12.3 Å². The van der Waals surface area contributed by atoms with Gasteiger partial charge in [-0.1, -0.05) is 26.7 Å². The fraction of sp³-hybridized carbons (Fsp3) is 0.913. The first-order chi connectivity index (χ1) is 12.7. The highest BCUT2D eigenvalue weighted by Gasteiger charge is 2.66. The molecule has 4 heteroatoms. The minimum atomic E-state index is -1.33. The number of aliphatic hydroxyl groups is 1. The monoisotopic (exact) mass is 376 g/mol. The standard InChI is InChI=1S/C23H36O4/c1-15(24)27-14-20(25)23(26)13-10-19-17-8-7-16-6-4-5-11-21(16,2)18(17)9-12-22(19,23)3/h16-19,26H,4-14H2,1-3H3/t16-,17-,18-,19-,21+,22+,23+/m1/s1. The maximum absolute atomic E-state index is 12.9. The predicted octanol–water partition coefficient (Wildman–Crippen LogP) is 4.28. The molecule has 4 nitrogen and oxygen atoms in total. The van der Waals surface area contributed by atoms with Gasteiger partial charge in [-0.25, -0.2) is 0 Å². The van der Waals surface area contributed by atoms with Crippen LogP contribution in [-0.4, -0.2) is 29.1 Å². The molecule has 0 aromatic carbocycles. The quantitative estimate of drug-likeness (QED) is 0.747.